The molecule has 0 fully saturated rings. The Balaban J connectivity index is 1.85. The second-order valence-corrected chi connectivity index (χ2v) is 5.92. The summed E-state index contributed by atoms with van der Waals surface area (Å²) in [4.78, 5) is 11.4. The lowest BCUT2D eigenvalue weighted by atomic mass is 9.77. The molecule has 2 aromatic carbocycles. The van der Waals surface area contributed by atoms with E-state index in [4.69, 9.17) is 0 Å². The number of fused-ring (bicyclic) bond motifs is 1. The Labute approximate surface area is 126 Å². The first-order valence-corrected chi connectivity index (χ1v) is 7.61. The van der Waals surface area contributed by atoms with Gasteiger partial charge in [0.25, 0.3) is 0 Å². The van der Waals surface area contributed by atoms with Crippen molar-refractivity contribution in [3.8, 4) is 0 Å². The average Bonchev–Trinajstić information content (AvgIpc) is 2.47. The Hall–Kier alpha value is -2.09. The summed E-state index contributed by atoms with van der Waals surface area (Å²) in [7, 11) is 0. The zero-order valence-electron chi connectivity index (χ0n) is 12.4. The summed E-state index contributed by atoms with van der Waals surface area (Å²) in [5.74, 6) is 0.548. The van der Waals surface area contributed by atoms with Gasteiger partial charge in [-0.2, -0.15) is 0 Å². The van der Waals surface area contributed by atoms with Gasteiger partial charge in [-0.3, -0.25) is 4.79 Å². The predicted molar refractivity (Wildman–Crippen MR) is 85.3 cm³/mol. The van der Waals surface area contributed by atoms with Gasteiger partial charge < -0.3 is 5.32 Å². The smallest absolute Gasteiger partial charge is 0.217 e. The molecular weight excluding hydrogens is 258 g/mol. The summed E-state index contributed by atoms with van der Waals surface area (Å²) in [6.07, 6.45) is 3.00. The minimum Gasteiger partial charge on any atom is -0.353 e. The van der Waals surface area contributed by atoms with Crippen LogP contribution in [0.15, 0.2) is 54.6 Å². The molecule has 1 N–H and O–H groups in total. The van der Waals surface area contributed by atoms with Crippen molar-refractivity contribution in [1.29, 1.82) is 0 Å². The minimum absolute atomic E-state index is 0.0674. The van der Waals surface area contributed by atoms with Crippen molar-refractivity contribution in [2.45, 2.75) is 38.1 Å². The van der Waals surface area contributed by atoms with Gasteiger partial charge in [0.1, 0.15) is 0 Å². The third-order valence-corrected chi connectivity index (χ3v) is 4.26. The molecule has 1 amide bonds. The van der Waals surface area contributed by atoms with Crippen molar-refractivity contribution in [3.63, 3.8) is 0 Å². The van der Waals surface area contributed by atoms with Crippen molar-refractivity contribution in [2.24, 2.45) is 0 Å². The van der Waals surface area contributed by atoms with E-state index in [1.807, 2.05) is 0 Å². The molecule has 108 valence electrons. The van der Waals surface area contributed by atoms with E-state index in [9.17, 15) is 4.79 Å². The zero-order valence-corrected chi connectivity index (χ0v) is 12.4. The topological polar surface area (TPSA) is 29.1 Å². The normalized spacial score (nSPS) is 20.6. The molecular formula is C19H21NO. The molecule has 2 heteroatoms. The molecule has 0 heterocycles. The van der Waals surface area contributed by atoms with Gasteiger partial charge in [0, 0.05) is 13.0 Å². The average molecular weight is 279 g/mol. The van der Waals surface area contributed by atoms with Crippen LogP contribution in [0.5, 0.6) is 0 Å². The van der Waals surface area contributed by atoms with Crippen LogP contribution in [-0.4, -0.2) is 11.9 Å². The molecule has 2 nitrogen and oxygen atoms in total. The quantitative estimate of drug-likeness (QED) is 0.916. The number of hydrogen-bond acceptors (Lipinski definition) is 1. The highest BCUT2D eigenvalue weighted by atomic mass is 16.1. The summed E-state index contributed by atoms with van der Waals surface area (Å²) in [6.45, 7) is 1.60. The summed E-state index contributed by atoms with van der Waals surface area (Å²) < 4.78 is 0. The van der Waals surface area contributed by atoms with Gasteiger partial charge in [0.2, 0.25) is 5.91 Å². The van der Waals surface area contributed by atoms with Crippen LogP contribution in [0.25, 0.3) is 0 Å². The first-order chi connectivity index (χ1) is 10.2. The Morgan fingerprint density at radius 1 is 1.10 bits per heavy atom. The largest absolute Gasteiger partial charge is 0.353 e. The molecule has 2 aromatic rings. The number of amides is 1. The van der Waals surface area contributed by atoms with Gasteiger partial charge in [-0.05, 0) is 41.9 Å². The lowest BCUT2D eigenvalue weighted by molar-refractivity contribution is -0.119. The van der Waals surface area contributed by atoms with Gasteiger partial charge in [0.15, 0.2) is 0 Å². The number of nitrogens with one attached hydrogen (secondary N) is 1. The Morgan fingerprint density at radius 3 is 2.57 bits per heavy atom. The number of benzene rings is 2. The maximum absolute atomic E-state index is 11.4. The van der Waals surface area contributed by atoms with Gasteiger partial charge in [0.05, 0.1) is 0 Å². The molecule has 0 spiro atoms. The van der Waals surface area contributed by atoms with E-state index in [0.717, 1.165) is 19.3 Å². The standard InChI is InChI=1S/C19H21NO/c1-14(21)20-18-12-16-9-5-6-10-19(16)17(13-18)11-15-7-3-2-4-8-15/h2-10,17-18H,11-13H2,1H3,(H,20,21). The summed E-state index contributed by atoms with van der Waals surface area (Å²) in [5, 5.41) is 3.10. The van der Waals surface area contributed by atoms with Crippen LogP contribution in [0.2, 0.25) is 0 Å². The summed E-state index contributed by atoms with van der Waals surface area (Å²) >= 11 is 0. The van der Waals surface area contributed by atoms with Crippen molar-refractivity contribution >= 4 is 5.91 Å². The summed E-state index contributed by atoms with van der Waals surface area (Å²) in [6, 6.07) is 19.5. The second kappa shape index (κ2) is 6.13. The Bertz CT molecular complexity index is 620. The number of hydrogen-bond donors (Lipinski definition) is 1. The fourth-order valence-corrected chi connectivity index (χ4v) is 3.43. The Kier molecular flexibility index (Phi) is 4.05. The van der Waals surface area contributed by atoms with Gasteiger partial charge >= 0.3 is 0 Å². The molecule has 0 saturated carbocycles. The van der Waals surface area contributed by atoms with Gasteiger partial charge in [-0.1, -0.05) is 54.6 Å². The highest BCUT2D eigenvalue weighted by Gasteiger charge is 2.27. The van der Waals surface area contributed by atoms with Crippen LogP contribution in [0.4, 0.5) is 0 Å². The van der Waals surface area contributed by atoms with Crippen molar-refractivity contribution in [2.75, 3.05) is 0 Å². The van der Waals surface area contributed by atoms with Crippen molar-refractivity contribution in [3.05, 3.63) is 71.3 Å². The molecule has 0 radical (unpaired) electrons. The number of rotatable bonds is 3. The molecule has 0 aromatic heterocycles. The van der Waals surface area contributed by atoms with Crippen LogP contribution in [0.3, 0.4) is 0 Å². The summed E-state index contributed by atoms with van der Waals surface area (Å²) in [5.41, 5.74) is 4.19. The Morgan fingerprint density at radius 2 is 1.81 bits per heavy atom. The van der Waals surface area contributed by atoms with Crippen LogP contribution in [0.1, 0.15) is 36.0 Å². The molecule has 3 rings (SSSR count). The SMILES string of the molecule is CC(=O)NC1Cc2ccccc2C(Cc2ccccc2)C1. The highest BCUT2D eigenvalue weighted by Crippen LogP contribution is 2.34. The van der Waals surface area contributed by atoms with Gasteiger partial charge in [-0.15, -0.1) is 0 Å². The minimum atomic E-state index is 0.0674. The molecule has 0 saturated heterocycles. The first kappa shape index (κ1) is 13.9. The van der Waals surface area contributed by atoms with E-state index in [1.54, 1.807) is 6.92 Å². The lowest BCUT2D eigenvalue weighted by Crippen LogP contribution is -2.39. The fraction of sp³-hybridized carbons (Fsp3) is 0.316. The predicted octanol–water partition coefficient (Wildman–Crippen LogP) is 3.46. The molecule has 1 aliphatic carbocycles. The van der Waals surface area contributed by atoms with Crippen LogP contribution >= 0.6 is 0 Å². The first-order valence-electron chi connectivity index (χ1n) is 7.61. The highest BCUT2D eigenvalue weighted by molar-refractivity contribution is 5.73. The lowest BCUT2D eigenvalue weighted by Gasteiger charge is -2.32. The van der Waals surface area contributed by atoms with E-state index in [0.29, 0.717) is 5.92 Å². The molecule has 2 atom stereocenters. The van der Waals surface area contributed by atoms with Crippen LogP contribution in [-0.2, 0) is 17.6 Å². The van der Waals surface area contributed by atoms with Crippen molar-refractivity contribution in [1.82, 2.24) is 5.32 Å². The third kappa shape index (κ3) is 3.33. The van der Waals surface area contributed by atoms with Crippen LogP contribution < -0.4 is 5.32 Å². The van der Waals surface area contributed by atoms with E-state index < -0.39 is 0 Å². The molecule has 0 bridgehead atoms. The zero-order chi connectivity index (χ0) is 14.7. The van der Waals surface area contributed by atoms with E-state index in [2.05, 4.69) is 59.9 Å². The van der Waals surface area contributed by atoms with Crippen LogP contribution in [0, 0.1) is 0 Å². The monoisotopic (exact) mass is 279 g/mol. The third-order valence-electron chi connectivity index (χ3n) is 4.26. The molecule has 1 aliphatic rings. The van der Waals surface area contributed by atoms with E-state index in [-0.39, 0.29) is 11.9 Å². The number of carbonyl (C=O) groups is 1. The molecule has 0 aliphatic heterocycles. The maximum atomic E-state index is 11.4. The molecule has 2 unspecified atom stereocenters. The van der Waals surface area contributed by atoms with Crippen molar-refractivity contribution < 1.29 is 4.79 Å². The van der Waals surface area contributed by atoms with E-state index >= 15 is 0 Å². The number of carbonyl (C=O) groups excluding carboxylic acids is 1. The fourth-order valence-electron chi connectivity index (χ4n) is 3.43. The van der Waals surface area contributed by atoms with E-state index in [1.165, 1.54) is 16.7 Å². The maximum Gasteiger partial charge on any atom is 0.217 e. The van der Waals surface area contributed by atoms with Gasteiger partial charge in [-0.25, -0.2) is 0 Å². The molecule has 21 heavy (non-hydrogen) atoms. The second-order valence-electron chi connectivity index (χ2n) is 5.92.